The van der Waals surface area contributed by atoms with E-state index in [2.05, 4.69) is 9.88 Å². The monoisotopic (exact) mass is 234 g/mol. The Morgan fingerprint density at radius 2 is 2.24 bits per heavy atom. The van der Waals surface area contributed by atoms with Gasteiger partial charge in [0, 0.05) is 32.4 Å². The molecule has 2 N–H and O–H groups in total. The van der Waals surface area contributed by atoms with Crippen LogP contribution in [0.3, 0.4) is 0 Å². The SMILES string of the molecule is NCCN1CCN(Cc2ccccn2)C(=O)C1. The fourth-order valence-corrected chi connectivity index (χ4v) is 1.99. The Morgan fingerprint density at radius 1 is 1.35 bits per heavy atom. The summed E-state index contributed by atoms with van der Waals surface area (Å²) in [6, 6.07) is 5.77. The number of hydrogen-bond donors (Lipinski definition) is 1. The lowest BCUT2D eigenvalue weighted by Crippen LogP contribution is -2.50. The Kier molecular flexibility index (Phi) is 4.06. The number of hydrogen-bond acceptors (Lipinski definition) is 4. The number of nitrogens with two attached hydrogens (primary N) is 1. The first-order chi connectivity index (χ1) is 8.29. The second kappa shape index (κ2) is 5.75. The van der Waals surface area contributed by atoms with Crippen LogP contribution in [-0.2, 0) is 11.3 Å². The molecule has 2 heterocycles. The molecule has 17 heavy (non-hydrogen) atoms. The van der Waals surface area contributed by atoms with E-state index in [-0.39, 0.29) is 5.91 Å². The van der Waals surface area contributed by atoms with Crippen LogP contribution in [0.15, 0.2) is 24.4 Å². The number of carbonyl (C=O) groups excluding carboxylic acids is 1. The summed E-state index contributed by atoms with van der Waals surface area (Å²) in [6.07, 6.45) is 1.75. The van der Waals surface area contributed by atoms with Gasteiger partial charge in [-0.05, 0) is 12.1 Å². The molecule has 1 fully saturated rings. The van der Waals surface area contributed by atoms with E-state index in [9.17, 15) is 4.79 Å². The molecule has 1 aromatic rings. The van der Waals surface area contributed by atoms with E-state index in [4.69, 9.17) is 5.73 Å². The maximum absolute atomic E-state index is 11.9. The summed E-state index contributed by atoms with van der Waals surface area (Å²) in [6.45, 7) is 4.14. The Bertz CT molecular complexity index is 368. The fraction of sp³-hybridized carbons (Fsp3) is 0.500. The van der Waals surface area contributed by atoms with Crippen LogP contribution in [0.25, 0.3) is 0 Å². The molecular formula is C12H18N4O. The van der Waals surface area contributed by atoms with Crippen LogP contribution in [0.2, 0.25) is 0 Å². The molecule has 1 amide bonds. The number of pyridine rings is 1. The molecule has 1 saturated heterocycles. The molecule has 0 radical (unpaired) electrons. The van der Waals surface area contributed by atoms with Gasteiger partial charge in [0.15, 0.2) is 0 Å². The second-order valence-electron chi connectivity index (χ2n) is 4.20. The van der Waals surface area contributed by atoms with Gasteiger partial charge < -0.3 is 10.6 Å². The van der Waals surface area contributed by atoms with Gasteiger partial charge in [0.05, 0.1) is 18.8 Å². The Balaban J connectivity index is 1.90. The predicted octanol–water partition coefficient (Wildman–Crippen LogP) is -0.315. The minimum absolute atomic E-state index is 0.162. The van der Waals surface area contributed by atoms with Gasteiger partial charge in [0.25, 0.3) is 0 Å². The maximum atomic E-state index is 11.9. The van der Waals surface area contributed by atoms with Gasteiger partial charge in [-0.2, -0.15) is 0 Å². The van der Waals surface area contributed by atoms with Crippen molar-refractivity contribution >= 4 is 5.91 Å². The first-order valence-electron chi connectivity index (χ1n) is 5.89. The molecule has 0 unspecified atom stereocenters. The third-order valence-corrected chi connectivity index (χ3v) is 2.92. The summed E-state index contributed by atoms with van der Waals surface area (Å²) in [4.78, 5) is 20.1. The predicted molar refractivity (Wildman–Crippen MR) is 65.1 cm³/mol. The zero-order valence-corrected chi connectivity index (χ0v) is 9.88. The molecule has 0 bridgehead atoms. The Hall–Kier alpha value is -1.46. The zero-order valence-electron chi connectivity index (χ0n) is 9.88. The van der Waals surface area contributed by atoms with Crippen molar-refractivity contribution in [1.82, 2.24) is 14.8 Å². The first-order valence-corrected chi connectivity index (χ1v) is 5.89. The van der Waals surface area contributed by atoms with Crippen molar-refractivity contribution in [2.45, 2.75) is 6.54 Å². The average Bonchev–Trinajstić information content (AvgIpc) is 2.34. The van der Waals surface area contributed by atoms with Crippen molar-refractivity contribution < 1.29 is 4.79 Å². The van der Waals surface area contributed by atoms with Crippen molar-refractivity contribution in [3.63, 3.8) is 0 Å². The van der Waals surface area contributed by atoms with Crippen LogP contribution < -0.4 is 5.73 Å². The fourth-order valence-electron chi connectivity index (χ4n) is 1.99. The maximum Gasteiger partial charge on any atom is 0.237 e. The van der Waals surface area contributed by atoms with Crippen LogP contribution >= 0.6 is 0 Å². The van der Waals surface area contributed by atoms with Crippen molar-refractivity contribution in [2.24, 2.45) is 5.73 Å². The quantitative estimate of drug-likeness (QED) is 0.776. The summed E-state index contributed by atoms with van der Waals surface area (Å²) in [7, 11) is 0. The van der Waals surface area contributed by atoms with Crippen molar-refractivity contribution in [1.29, 1.82) is 0 Å². The molecule has 2 rings (SSSR count). The lowest BCUT2D eigenvalue weighted by atomic mass is 10.2. The normalized spacial score (nSPS) is 17.5. The highest BCUT2D eigenvalue weighted by Crippen LogP contribution is 2.07. The topological polar surface area (TPSA) is 62.5 Å². The molecule has 0 aromatic carbocycles. The smallest absolute Gasteiger partial charge is 0.237 e. The minimum atomic E-state index is 0.162. The van der Waals surface area contributed by atoms with Crippen LogP contribution in [0.5, 0.6) is 0 Å². The van der Waals surface area contributed by atoms with Gasteiger partial charge in [0.1, 0.15) is 0 Å². The van der Waals surface area contributed by atoms with E-state index in [1.165, 1.54) is 0 Å². The number of piperazine rings is 1. The highest BCUT2D eigenvalue weighted by molar-refractivity contribution is 5.79. The second-order valence-corrected chi connectivity index (χ2v) is 4.20. The summed E-state index contributed by atoms with van der Waals surface area (Å²) in [5.74, 6) is 0.162. The van der Waals surface area contributed by atoms with E-state index in [0.29, 0.717) is 19.6 Å². The highest BCUT2D eigenvalue weighted by atomic mass is 16.2. The minimum Gasteiger partial charge on any atom is -0.334 e. The van der Waals surface area contributed by atoms with Crippen LogP contribution in [-0.4, -0.2) is 53.4 Å². The average molecular weight is 234 g/mol. The van der Waals surface area contributed by atoms with Crippen LogP contribution in [0.4, 0.5) is 0 Å². The van der Waals surface area contributed by atoms with Crippen molar-refractivity contribution in [2.75, 3.05) is 32.7 Å². The van der Waals surface area contributed by atoms with E-state index < -0.39 is 0 Å². The molecule has 0 saturated carbocycles. The summed E-state index contributed by atoms with van der Waals surface area (Å²) < 4.78 is 0. The van der Waals surface area contributed by atoms with Crippen LogP contribution in [0, 0.1) is 0 Å². The number of aromatic nitrogens is 1. The molecule has 5 nitrogen and oxygen atoms in total. The molecular weight excluding hydrogens is 216 g/mol. The highest BCUT2D eigenvalue weighted by Gasteiger charge is 2.23. The van der Waals surface area contributed by atoms with E-state index >= 15 is 0 Å². The summed E-state index contributed by atoms with van der Waals surface area (Å²) >= 11 is 0. The van der Waals surface area contributed by atoms with E-state index in [0.717, 1.165) is 25.3 Å². The lowest BCUT2D eigenvalue weighted by molar-refractivity contribution is -0.136. The number of nitrogens with zero attached hydrogens (tertiary/aromatic N) is 3. The van der Waals surface area contributed by atoms with Crippen LogP contribution in [0.1, 0.15) is 5.69 Å². The Morgan fingerprint density at radius 3 is 2.88 bits per heavy atom. The van der Waals surface area contributed by atoms with E-state index in [1.807, 2.05) is 23.1 Å². The van der Waals surface area contributed by atoms with Gasteiger partial charge in [-0.25, -0.2) is 0 Å². The summed E-state index contributed by atoms with van der Waals surface area (Å²) in [5, 5.41) is 0. The van der Waals surface area contributed by atoms with E-state index in [1.54, 1.807) is 6.20 Å². The molecule has 1 aliphatic heterocycles. The van der Waals surface area contributed by atoms with Crippen molar-refractivity contribution in [3.8, 4) is 0 Å². The van der Waals surface area contributed by atoms with Crippen molar-refractivity contribution in [3.05, 3.63) is 30.1 Å². The van der Waals surface area contributed by atoms with Gasteiger partial charge in [-0.15, -0.1) is 0 Å². The third kappa shape index (κ3) is 3.25. The molecule has 0 aliphatic carbocycles. The first kappa shape index (κ1) is 12.0. The molecule has 1 aromatic heterocycles. The largest absolute Gasteiger partial charge is 0.334 e. The standard InChI is InChI=1S/C12H18N4O/c13-4-6-15-7-8-16(12(17)10-15)9-11-3-1-2-5-14-11/h1-3,5H,4,6-10,13H2. The van der Waals surface area contributed by atoms with Gasteiger partial charge in [-0.3, -0.25) is 14.7 Å². The molecule has 5 heteroatoms. The molecule has 1 aliphatic rings. The zero-order chi connectivity index (χ0) is 12.1. The molecule has 0 spiro atoms. The Labute approximate surface area is 101 Å². The lowest BCUT2D eigenvalue weighted by Gasteiger charge is -2.33. The molecule has 92 valence electrons. The third-order valence-electron chi connectivity index (χ3n) is 2.92. The number of rotatable bonds is 4. The number of amides is 1. The summed E-state index contributed by atoms with van der Waals surface area (Å²) in [5.41, 5.74) is 6.42. The van der Waals surface area contributed by atoms with Gasteiger partial charge >= 0.3 is 0 Å². The molecule has 0 atom stereocenters. The number of carbonyl (C=O) groups is 1. The van der Waals surface area contributed by atoms with Gasteiger partial charge in [0.2, 0.25) is 5.91 Å². The van der Waals surface area contributed by atoms with Gasteiger partial charge in [-0.1, -0.05) is 6.07 Å².